The normalized spacial score (nSPS) is 21.8. The number of urea groups is 1. The number of benzene rings is 2. The second-order valence-corrected chi connectivity index (χ2v) is 7.37. The van der Waals surface area contributed by atoms with Gasteiger partial charge in [-0.15, -0.1) is 0 Å². The summed E-state index contributed by atoms with van der Waals surface area (Å²) in [6.07, 6.45) is 0.911. The van der Waals surface area contributed by atoms with E-state index in [9.17, 15) is 4.79 Å². The van der Waals surface area contributed by atoms with Crippen LogP contribution in [0.4, 0.5) is 4.79 Å². The van der Waals surface area contributed by atoms with Crippen LogP contribution in [0.3, 0.4) is 0 Å². The Morgan fingerprint density at radius 3 is 2.76 bits per heavy atom. The van der Waals surface area contributed by atoms with Gasteiger partial charge in [-0.2, -0.15) is 0 Å². The maximum Gasteiger partial charge on any atom is 0.319 e. The van der Waals surface area contributed by atoms with Crippen molar-refractivity contribution >= 4 is 27.7 Å². The quantitative estimate of drug-likeness (QED) is 0.767. The van der Waals surface area contributed by atoms with Gasteiger partial charge in [-0.05, 0) is 57.1 Å². The summed E-state index contributed by atoms with van der Waals surface area (Å²) in [4.78, 5) is 12.3. The smallest absolute Gasteiger partial charge is 0.319 e. The number of rotatable bonds is 2. The van der Waals surface area contributed by atoms with E-state index in [0.29, 0.717) is 5.92 Å². The number of fused-ring (bicyclic) bond motifs is 2. The van der Waals surface area contributed by atoms with Crippen molar-refractivity contribution in [2.45, 2.75) is 25.3 Å². The highest BCUT2D eigenvalue weighted by atomic mass is 79.9. The van der Waals surface area contributed by atoms with Crippen LogP contribution in [-0.4, -0.2) is 13.1 Å². The second-order valence-electron chi connectivity index (χ2n) is 6.52. The number of hydrogen-bond donors (Lipinski definition) is 2. The Bertz CT molecular complexity index is 891. The van der Waals surface area contributed by atoms with Crippen LogP contribution in [-0.2, 0) is 0 Å². The molecule has 25 heavy (non-hydrogen) atoms. The molecule has 5 heteroatoms. The van der Waals surface area contributed by atoms with Gasteiger partial charge in [-0.25, -0.2) is 4.79 Å². The Balaban J connectivity index is 1.84. The SMILES string of the molecule is COc1ccc(C2NC(=O)NC3=C2CC(C)c2ccccc23)cc1Br. The summed E-state index contributed by atoms with van der Waals surface area (Å²) in [6, 6.07) is 14.0. The highest BCUT2D eigenvalue weighted by Gasteiger charge is 2.34. The molecular formula is C20H19BrN2O2. The summed E-state index contributed by atoms with van der Waals surface area (Å²) >= 11 is 3.55. The van der Waals surface area contributed by atoms with Crippen molar-refractivity contribution in [3.8, 4) is 5.75 Å². The van der Waals surface area contributed by atoms with E-state index in [-0.39, 0.29) is 12.1 Å². The van der Waals surface area contributed by atoms with E-state index in [0.717, 1.165) is 33.5 Å². The van der Waals surface area contributed by atoms with Crippen molar-refractivity contribution in [3.05, 3.63) is 69.2 Å². The third-order valence-electron chi connectivity index (χ3n) is 4.98. The maximum atomic E-state index is 12.3. The van der Waals surface area contributed by atoms with E-state index in [1.807, 2.05) is 24.3 Å². The molecule has 1 aliphatic heterocycles. The minimum Gasteiger partial charge on any atom is -0.496 e. The number of carbonyl (C=O) groups is 1. The molecule has 4 nitrogen and oxygen atoms in total. The molecule has 2 aromatic rings. The molecule has 2 aliphatic rings. The van der Waals surface area contributed by atoms with Gasteiger partial charge in [0.05, 0.1) is 23.3 Å². The van der Waals surface area contributed by atoms with E-state index in [1.165, 1.54) is 11.1 Å². The predicted octanol–water partition coefficient (Wildman–Crippen LogP) is 4.73. The molecule has 2 N–H and O–H groups in total. The lowest BCUT2D eigenvalue weighted by molar-refractivity contribution is 0.240. The van der Waals surface area contributed by atoms with Gasteiger partial charge in [0.25, 0.3) is 0 Å². The highest BCUT2D eigenvalue weighted by Crippen LogP contribution is 2.44. The number of carbonyl (C=O) groups excluding carboxylic acids is 1. The monoisotopic (exact) mass is 398 g/mol. The van der Waals surface area contributed by atoms with Crippen molar-refractivity contribution < 1.29 is 9.53 Å². The van der Waals surface area contributed by atoms with Gasteiger partial charge in [-0.1, -0.05) is 37.3 Å². The molecule has 2 atom stereocenters. The third kappa shape index (κ3) is 2.72. The average Bonchev–Trinajstić information content (AvgIpc) is 2.62. The lowest BCUT2D eigenvalue weighted by Gasteiger charge is -2.36. The summed E-state index contributed by atoms with van der Waals surface area (Å²) in [6.45, 7) is 2.24. The van der Waals surface area contributed by atoms with Crippen molar-refractivity contribution in [2.75, 3.05) is 7.11 Å². The fourth-order valence-electron chi connectivity index (χ4n) is 3.79. The fraction of sp³-hybridized carbons (Fsp3) is 0.250. The Kier molecular flexibility index (Phi) is 4.04. The summed E-state index contributed by atoms with van der Waals surface area (Å²) in [5, 5.41) is 6.10. The van der Waals surface area contributed by atoms with Crippen molar-refractivity contribution in [1.29, 1.82) is 0 Å². The van der Waals surface area contributed by atoms with Crippen molar-refractivity contribution in [1.82, 2.24) is 10.6 Å². The molecule has 2 amide bonds. The Morgan fingerprint density at radius 2 is 2.00 bits per heavy atom. The number of halogens is 1. The van der Waals surface area contributed by atoms with Crippen LogP contribution in [0.25, 0.3) is 5.70 Å². The van der Waals surface area contributed by atoms with Crippen molar-refractivity contribution in [2.24, 2.45) is 0 Å². The van der Waals surface area contributed by atoms with E-state index in [4.69, 9.17) is 4.74 Å². The van der Waals surface area contributed by atoms with Gasteiger partial charge in [0, 0.05) is 5.56 Å². The maximum absolute atomic E-state index is 12.3. The van der Waals surface area contributed by atoms with Gasteiger partial charge >= 0.3 is 6.03 Å². The number of ether oxygens (including phenoxy) is 1. The van der Waals surface area contributed by atoms with Crippen LogP contribution in [0, 0.1) is 0 Å². The average molecular weight is 399 g/mol. The zero-order valence-corrected chi connectivity index (χ0v) is 15.7. The molecule has 0 spiro atoms. The van der Waals surface area contributed by atoms with Crippen LogP contribution >= 0.6 is 15.9 Å². The zero-order chi connectivity index (χ0) is 17.6. The van der Waals surface area contributed by atoms with Gasteiger partial charge in [0.2, 0.25) is 0 Å². The minimum absolute atomic E-state index is 0.137. The summed E-state index contributed by atoms with van der Waals surface area (Å²) in [5.74, 6) is 1.19. The molecule has 0 radical (unpaired) electrons. The highest BCUT2D eigenvalue weighted by molar-refractivity contribution is 9.10. The van der Waals surface area contributed by atoms with E-state index < -0.39 is 0 Å². The summed E-state index contributed by atoms with van der Waals surface area (Å²) in [5.41, 5.74) is 5.64. The molecule has 1 heterocycles. The number of amides is 2. The molecule has 0 fully saturated rings. The molecule has 0 saturated heterocycles. The van der Waals surface area contributed by atoms with Gasteiger partial charge in [0.1, 0.15) is 5.75 Å². The lowest BCUT2D eigenvalue weighted by atomic mass is 9.78. The third-order valence-corrected chi connectivity index (χ3v) is 5.60. The Labute approximate surface area is 155 Å². The molecule has 2 unspecified atom stereocenters. The topological polar surface area (TPSA) is 50.4 Å². The van der Waals surface area contributed by atoms with E-state index in [1.54, 1.807) is 7.11 Å². The zero-order valence-electron chi connectivity index (χ0n) is 14.1. The predicted molar refractivity (Wildman–Crippen MR) is 101 cm³/mol. The summed E-state index contributed by atoms with van der Waals surface area (Å²) < 4.78 is 6.20. The largest absolute Gasteiger partial charge is 0.496 e. The molecule has 1 aliphatic carbocycles. The summed E-state index contributed by atoms with van der Waals surface area (Å²) in [7, 11) is 1.65. The second kappa shape index (κ2) is 6.23. The number of hydrogen-bond acceptors (Lipinski definition) is 2. The van der Waals surface area contributed by atoms with Crippen LogP contribution < -0.4 is 15.4 Å². The number of methoxy groups -OCH3 is 1. The van der Waals surface area contributed by atoms with Gasteiger partial charge in [-0.3, -0.25) is 0 Å². The standard InChI is InChI=1S/C20H19BrN2O2/c1-11-9-15-18(12-7-8-17(25-2)16(21)10-12)22-20(24)23-19(15)14-6-4-3-5-13(11)14/h3-8,10-11,18H,9H2,1-2H3,(H2,22,23,24). The van der Waals surface area contributed by atoms with Crippen LogP contribution in [0.1, 0.15) is 42.0 Å². The first-order valence-corrected chi connectivity index (χ1v) is 9.11. The minimum atomic E-state index is -0.167. The molecule has 2 aromatic carbocycles. The molecule has 0 aromatic heterocycles. The first kappa shape index (κ1) is 16.2. The first-order chi connectivity index (χ1) is 12.1. The van der Waals surface area contributed by atoms with Crippen LogP contribution in [0.2, 0.25) is 0 Å². The molecular weight excluding hydrogens is 380 g/mol. The Hall–Kier alpha value is -2.27. The molecule has 0 saturated carbocycles. The molecule has 0 bridgehead atoms. The van der Waals surface area contributed by atoms with E-state index in [2.05, 4.69) is 51.7 Å². The fourth-order valence-corrected chi connectivity index (χ4v) is 4.35. The molecule has 128 valence electrons. The first-order valence-electron chi connectivity index (χ1n) is 8.31. The van der Waals surface area contributed by atoms with Crippen molar-refractivity contribution in [3.63, 3.8) is 0 Å². The van der Waals surface area contributed by atoms with E-state index >= 15 is 0 Å². The molecule has 4 rings (SSSR count). The van der Waals surface area contributed by atoms with Gasteiger partial charge in [0.15, 0.2) is 0 Å². The van der Waals surface area contributed by atoms with Crippen LogP contribution in [0.15, 0.2) is 52.5 Å². The van der Waals surface area contributed by atoms with Crippen LogP contribution in [0.5, 0.6) is 5.75 Å². The number of nitrogens with one attached hydrogen (secondary N) is 2. The Morgan fingerprint density at radius 1 is 1.20 bits per heavy atom. The lowest BCUT2D eigenvalue weighted by Crippen LogP contribution is -2.44. The van der Waals surface area contributed by atoms with Gasteiger partial charge < -0.3 is 15.4 Å².